The van der Waals surface area contributed by atoms with Crippen molar-refractivity contribution >= 4 is 28.1 Å². The Morgan fingerprint density at radius 2 is 1.67 bits per heavy atom. The second-order valence-electron chi connectivity index (χ2n) is 8.28. The number of aliphatic imine (C=N–C) groups is 1. The molecule has 0 atom stereocenters. The van der Waals surface area contributed by atoms with Crippen LogP contribution in [0.5, 0.6) is 0 Å². The van der Waals surface area contributed by atoms with E-state index in [9.17, 15) is 0 Å². The summed E-state index contributed by atoms with van der Waals surface area (Å²) < 4.78 is 0. The normalized spacial score (nSPS) is 14.1. The van der Waals surface area contributed by atoms with Gasteiger partial charge in [0.2, 0.25) is 5.96 Å². The summed E-state index contributed by atoms with van der Waals surface area (Å²) >= 11 is 0. The first kappa shape index (κ1) is 17.3. The highest BCUT2D eigenvalue weighted by Gasteiger charge is 2.20. The molecule has 2 aliphatic rings. The molecule has 0 saturated heterocycles. The van der Waals surface area contributed by atoms with E-state index in [1.54, 1.807) is 0 Å². The minimum atomic E-state index is 0.519. The summed E-state index contributed by atoms with van der Waals surface area (Å²) in [5.74, 6) is 0.519. The van der Waals surface area contributed by atoms with Crippen LogP contribution in [0.2, 0.25) is 0 Å². The first-order chi connectivity index (χ1) is 14.7. The van der Waals surface area contributed by atoms with Crippen LogP contribution in [-0.2, 0) is 19.3 Å². The van der Waals surface area contributed by atoms with Gasteiger partial charge in [0.15, 0.2) is 0 Å². The van der Waals surface area contributed by atoms with Crippen molar-refractivity contribution in [2.75, 3.05) is 11.9 Å². The van der Waals surface area contributed by atoms with E-state index in [-0.39, 0.29) is 0 Å². The van der Waals surface area contributed by atoms with Gasteiger partial charge in [-0.25, -0.2) is 4.99 Å². The van der Waals surface area contributed by atoms with Gasteiger partial charge in [-0.15, -0.1) is 0 Å². The number of rotatable bonds is 2. The van der Waals surface area contributed by atoms with Gasteiger partial charge in [-0.2, -0.15) is 0 Å². The van der Waals surface area contributed by atoms with Crippen LogP contribution in [0.4, 0.5) is 11.4 Å². The smallest absolute Gasteiger partial charge is 0.200 e. The zero-order valence-electron chi connectivity index (χ0n) is 17.0. The molecule has 0 amide bonds. The zero-order chi connectivity index (χ0) is 20.2. The number of guanidine groups is 1. The van der Waals surface area contributed by atoms with Gasteiger partial charge in [0.25, 0.3) is 0 Å². The topological polar surface area (TPSA) is 41.6 Å². The number of anilines is 1. The maximum Gasteiger partial charge on any atom is 0.200 e. The third kappa shape index (κ3) is 2.55. The van der Waals surface area contributed by atoms with Gasteiger partial charge in [-0.3, -0.25) is 0 Å². The summed E-state index contributed by atoms with van der Waals surface area (Å²) in [7, 11) is 1.99. The van der Waals surface area contributed by atoms with Crippen molar-refractivity contribution in [1.29, 1.82) is 0 Å². The Bertz CT molecular complexity index is 1350. The van der Waals surface area contributed by atoms with Gasteiger partial charge >= 0.3 is 0 Å². The molecule has 0 unspecified atom stereocenters. The molecular formula is C27H23N3. The Hall–Kier alpha value is -3.59. The van der Waals surface area contributed by atoms with E-state index in [1.165, 1.54) is 44.2 Å². The second-order valence-corrected chi connectivity index (χ2v) is 8.28. The average Bonchev–Trinajstić information content (AvgIpc) is 3.37. The van der Waals surface area contributed by atoms with Crippen molar-refractivity contribution in [2.24, 2.45) is 10.7 Å². The van der Waals surface area contributed by atoms with Crippen molar-refractivity contribution in [2.45, 2.75) is 19.3 Å². The lowest BCUT2D eigenvalue weighted by molar-refractivity contribution is 1.02. The number of hydrogen-bond acceptors (Lipinski definition) is 1. The minimum Gasteiger partial charge on any atom is -0.369 e. The lowest BCUT2D eigenvalue weighted by atomic mass is 10.0. The quantitative estimate of drug-likeness (QED) is 0.316. The van der Waals surface area contributed by atoms with Gasteiger partial charge in [0.1, 0.15) is 0 Å². The lowest BCUT2D eigenvalue weighted by Gasteiger charge is -2.19. The molecule has 4 aromatic carbocycles. The minimum absolute atomic E-state index is 0.519. The molecule has 4 aromatic rings. The van der Waals surface area contributed by atoms with E-state index in [1.807, 2.05) is 11.9 Å². The molecule has 0 spiro atoms. The fourth-order valence-corrected chi connectivity index (χ4v) is 5.02. The predicted octanol–water partition coefficient (Wildman–Crippen LogP) is 5.59. The van der Waals surface area contributed by atoms with Crippen LogP contribution in [0.3, 0.4) is 0 Å². The molecule has 0 saturated carbocycles. The van der Waals surface area contributed by atoms with Gasteiger partial charge in [-0.1, -0.05) is 54.6 Å². The van der Waals surface area contributed by atoms with Crippen LogP contribution in [0.25, 0.3) is 21.9 Å². The van der Waals surface area contributed by atoms with Gasteiger partial charge in [0.05, 0.1) is 5.69 Å². The molecule has 0 heterocycles. The highest BCUT2D eigenvalue weighted by atomic mass is 15.2. The molecule has 3 nitrogen and oxygen atoms in total. The predicted molar refractivity (Wildman–Crippen MR) is 126 cm³/mol. The first-order valence-electron chi connectivity index (χ1n) is 10.5. The van der Waals surface area contributed by atoms with Crippen LogP contribution in [0.1, 0.15) is 22.3 Å². The van der Waals surface area contributed by atoms with Crippen molar-refractivity contribution in [3.05, 3.63) is 95.1 Å². The van der Waals surface area contributed by atoms with Crippen LogP contribution >= 0.6 is 0 Å². The second kappa shape index (κ2) is 6.46. The number of benzene rings is 4. The van der Waals surface area contributed by atoms with E-state index in [4.69, 9.17) is 10.7 Å². The maximum absolute atomic E-state index is 6.47. The van der Waals surface area contributed by atoms with Gasteiger partial charge < -0.3 is 10.6 Å². The molecule has 0 radical (unpaired) electrons. The standard InChI is InChI=1S/C27H23N3/c1-30(21-11-13-23-20(16-21)15-19-5-2-3-8-22(19)23)27(28)29-25-14-10-18-7-4-6-17-9-12-24(25)26(17)18/h2-8,10-11,13-14,16H,9,12,15H2,1H3,(H2,28,29). The van der Waals surface area contributed by atoms with Crippen LogP contribution in [-0.4, -0.2) is 13.0 Å². The summed E-state index contributed by atoms with van der Waals surface area (Å²) in [6.45, 7) is 0. The van der Waals surface area contributed by atoms with Gasteiger partial charge in [0, 0.05) is 12.7 Å². The molecule has 6 rings (SSSR count). The third-order valence-corrected chi connectivity index (χ3v) is 6.60. The Labute approximate surface area is 176 Å². The Morgan fingerprint density at radius 1 is 0.833 bits per heavy atom. The summed E-state index contributed by atoms with van der Waals surface area (Å²) in [6.07, 6.45) is 3.09. The fourth-order valence-electron chi connectivity index (χ4n) is 5.02. The largest absolute Gasteiger partial charge is 0.369 e. The Morgan fingerprint density at radius 3 is 2.60 bits per heavy atom. The summed E-state index contributed by atoms with van der Waals surface area (Å²) in [5, 5.41) is 2.66. The number of aryl methyl sites for hydroxylation is 2. The van der Waals surface area contributed by atoms with Crippen LogP contribution in [0.15, 0.2) is 77.8 Å². The molecule has 30 heavy (non-hydrogen) atoms. The Balaban J connectivity index is 1.35. The molecule has 3 heteroatoms. The Kier molecular flexibility index (Phi) is 3.72. The van der Waals surface area contributed by atoms with E-state index in [0.29, 0.717) is 5.96 Å². The first-order valence-corrected chi connectivity index (χ1v) is 10.5. The number of hydrogen-bond donors (Lipinski definition) is 1. The highest BCUT2D eigenvalue weighted by Crippen LogP contribution is 2.39. The van der Waals surface area contributed by atoms with E-state index >= 15 is 0 Å². The molecular weight excluding hydrogens is 366 g/mol. The highest BCUT2D eigenvalue weighted by molar-refractivity contribution is 5.99. The van der Waals surface area contributed by atoms with Crippen LogP contribution < -0.4 is 10.6 Å². The monoisotopic (exact) mass is 389 g/mol. The van der Waals surface area contributed by atoms with Crippen molar-refractivity contribution < 1.29 is 0 Å². The molecule has 0 aliphatic heterocycles. The fraction of sp³-hybridized carbons (Fsp3) is 0.148. The average molecular weight is 390 g/mol. The van der Waals surface area contributed by atoms with Crippen molar-refractivity contribution in [3.8, 4) is 11.1 Å². The lowest BCUT2D eigenvalue weighted by Crippen LogP contribution is -2.33. The van der Waals surface area contributed by atoms with Gasteiger partial charge in [-0.05, 0) is 81.6 Å². The van der Waals surface area contributed by atoms with Crippen molar-refractivity contribution in [3.63, 3.8) is 0 Å². The SMILES string of the molecule is CN(C(N)=Nc1ccc2cccc3c2c1CC3)c1ccc2c(c1)Cc1ccccc1-2. The molecule has 0 bridgehead atoms. The van der Waals surface area contributed by atoms with Crippen molar-refractivity contribution in [1.82, 2.24) is 0 Å². The molecule has 2 aliphatic carbocycles. The maximum atomic E-state index is 6.47. The molecule has 2 N–H and O–H groups in total. The zero-order valence-corrected chi connectivity index (χ0v) is 17.0. The summed E-state index contributed by atoms with van der Waals surface area (Å²) in [4.78, 5) is 6.83. The molecule has 0 aromatic heterocycles. The van der Waals surface area contributed by atoms with E-state index in [2.05, 4.69) is 72.8 Å². The molecule has 146 valence electrons. The summed E-state index contributed by atoms with van der Waals surface area (Å²) in [6, 6.07) is 26.0. The van der Waals surface area contributed by atoms with E-state index < -0.39 is 0 Å². The van der Waals surface area contributed by atoms with E-state index in [0.717, 1.165) is 30.6 Å². The number of fused-ring (bicyclic) bond motifs is 3. The van der Waals surface area contributed by atoms with Crippen LogP contribution in [0, 0.1) is 0 Å². The number of nitrogens with two attached hydrogens (primary N) is 1. The molecule has 0 fully saturated rings. The third-order valence-electron chi connectivity index (χ3n) is 6.60. The summed E-state index contributed by atoms with van der Waals surface area (Å²) in [5.41, 5.74) is 16.7. The number of nitrogens with zero attached hydrogens (tertiary/aromatic N) is 2.